The molecule has 1 aliphatic rings. The van der Waals surface area contributed by atoms with Gasteiger partial charge >= 0.3 is 0 Å². The summed E-state index contributed by atoms with van der Waals surface area (Å²) in [5, 5.41) is 0. The van der Waals surface area contributed by atoms with Gasteiger partial charge in [0.05, 0.1) is 31.7 Å². The van der Waals surface area contributed by atoms with Gasteiger partial charge in [-0.05, 0) is 24.6 Å². The van der Waals surface area contributed by atoms with E-state index in [4.69, 9.17) is 19.9 Å². The molecule has 21 heavy (non-hydrogen) atoms. The highest BCUT2D eigenvalue weighted by molar-refractivity contribution is 5.75. The molecule has 0 amide bonds. The molecule has 0 spiro atoms. The first-order valence-electron chi connectivity index (χ1n) is 6.91. The van der Waals surface area contributed by atoms with Crippen LogP contribution in [0.25, 0.3) is 11.3 Å². The highest BCUT2D eigenvalue weighted by atomic mass is 16.7. The molecule has 1 aliphatic heterocycles. The third-order valence-electron chi connectivity index (χ3n) is 3.41. The van der Waals surface area contributed by atoms with Crippen molar-refractivity contribution in [2.75, 3.05) is 26.1 Å². The Bertz CT molecular complexity index is 607. The second kappa shape index (κ2) is 6.11. The lowest BCUT2D eigenvalue weighted by atomic mass is 10.1. The number of methoxy groups -OCH3 is 1. The van der Waals surface area contributed by atoms with Crippen LogP contribution in [0.3, 0.4) is 0 Å². The molecule has 1 aromatic heterocycles. The van der Waals surface area contributed by atoms with Crippen LogP contribution >= 0.6 is 0 Å². The number of anilines is 1. The maximum atomic E-state index is 5.92. The van der Waals surface area contributed by atoms with Gasteiger partial charge < -0.3 is 19.9 Å². The predicted molar refractivity (Wildman–Crippen MR) is 79.9 cm³/mol. The summed E-state index contributed by atoms with van der Waals surface area (Å²) in [5.74, 6) is 0.642. The molecule has 0 saturated carbocycles. The zero-order valence-electron chi connectivity index (χ0n) is 11.9. The van der Waals surface area contributed by atoms with Crippen LogP contribution in [0.4, 0.5) is 5.69 Å². The second-order valence-corrected chi connectivity index (χ2v) is 4.83. The summed E-state index contributed by atoms with van der Waals surface area (Å²) in [5.41, 5.74) is 9.11. The first-order valence-corrected chi connectivity index (χ1v) is 6.91. The average Bonchev–Trinajstić information content (AvgIpc) is 2.55. The van der Waals surface area contributed by atoms with E-state index in [1.54, 1.807) is 19.4 Å². The Hall–Kier alpha value is -2.11. The Labute approximate surface area is 123 Å². The van der Waals surface area contributed by atoms with Crippen molar-refractivity contribution in [3.05, 3.63) is 42.1 Å². The standard InChI is InChI=1S/C16H18N2O3/c1-19-15-12(4-2-5-13(15)17)14-7-6-11(10-18-14)16-20-8-3-9-21-16/h2,4-7,10,16H,3,8-9,17H2,1H3. The number of aromatic nitrogens is 1. The molecular formula is C16H18N2O3. The van der Waals surface area contributed by atoms with E-state index in [0.717, 1.165) is 36.5 Å². The summed E-state index contributed by atoms with van der Waals surface area (Å²) >= 11 is 0. The van der Waals surface area contributed by atoms with Gasteiger partial charge in [0.1, 0.15) is 0 Å². The van der Waals surface area contributed by atoms with Gasteiger partial charge in [-0.15, -0.1) is 0 Å². The van der Waals surface area contributed by atoms with Crippen LogP contribution in [-0.4, -0.2) is 25.3 Å². The number of benzene rings is 1. The fourth-order valence-electron chi connectivity index (χ4n) is 2.37. The monoisotopic (exact) mass is 286 g/mol. The first kappa shape index (κ1) is 13.9. The lowest BCUT2D eigenvalue weighted by molar-refractivity contribution is -0.183. The minimum atomic E-state index is -0.317. The van der Waals surface area contributed by atoms with Crippen LogP contribution in [0.2, 0.25) is 0 Å². The normalized spacial score (nSPS) is 15.9. The highest BCUT2D eigenvalue weighted by Crippen LogP contribution is 2.34. The van der Waals surface area contributed by atoms with Gasteiger partial charge in [-0.25, -0.2) is 0 Å². The van der Waals surface area contributed by atoms with Crippen LogP contribution in [0, 0.1) is 0 Å². The summed E-state index contributed by atoms with van der Waals surface area (Å²) in [6, 6.07) is 9.51. The molecule has 1 aromatic carbocycles. The molecule has 110 valence electrons. The van der Waals surface area contributed by atoms with Crippen molar-refractivity contribution < 1.29 is 14.2 Å². The Kier molecular flexibility index (Phi) is 4.03. The quantitative estimate of drug-likeness (QED) is 0.879. The molecule has 0 radical (unpaired) electrons. The lowest BCUT2D eigenvalue weighted by Gasteiger charge is -2.23. The van der Waals surface area contributed by atoms with E-state index in [1.165, 1.54) is 0 Å². The number of hydrogen-bond donors (Lipinski definition) is 1. The molecule has 0 atom stereocenters. The third-order valence-corrected chi connectivity index (χ3v) is 3.41. The van der Waals surface area contributed by atoms with E-state index in [1.807, 2.05) is 24.3 Å². The maximum absolute atomic E-state index is 5.92. The molecule has 5 heteroatoms. The molecule has 1 saturated heterocycles. The van der Waals surface area contributed by atoms with E-state index in [0.29, 0.717) is 11.4 Å². The SMILES string of the molecule is COc1c(N)cccc1-c1ccc(C2OCCCO2)cn1. The zero-order valence-corrected chi connectivity index (χ0v) is 11.9. The van der Waals surface area contributed by atoms with Crippen molar-refractivity contribution in [3.8, 4) is 17.0 Å². The number of rotatable bonds is 3. The molecule has 2 N–H and O–H groups in total. The number of nitrogens with zero attached hydrogens (tertiary/aromatic N) is 1. The van der Waals surface area contributed by atoms with Gasteiger partial charge in [0, 0.05) is 17.3 Å². The summed E-state index contributed by atoms with van der Waals surface area (Å²) in [4.78, 5) is 4.48. The van der Waals surface area contributed by atoms with Crippen molar-refractivity contribution in [2.24, 2.45) is 0 Å². The van der Waals surface area contributed by atoms with Crippen molar-refractivity contribution in [1.82, 2.24) is 4.98 Å². The Morgan fingerprint density at radius 3 is 2.67 bits per heavy atom. The van der Waals surface area contributed by atoms with E-state index < -0.39 is 0 Å². The van der Waals surface area contributed by atoms with Crippen LogP contribution in [0.1, 0.15) is 18.3 Å². The maximum Gasteiger partial charge on any atom is 0.185 e. The Morgan fingerprint density at radius 1 is 1.19 bits per heavy atom. The van der Waals surface area contributed by atoms with Gasteiger partial charge in [-0.1, -0.05) is 12.1 Å². The van der Waals surface area contributed by atoms with E-state index in [2.05, 4.69) is 4.98 Å². The number of para-hydroxylation sites is 1. The van der Waals surface area contributed by atoms with E-state index >= 15 is 0 Å². The zero-order chi connectivity index (χ0) is 14.7. The Balaban J connectivity index is 1.89. The predicted octanol–water partition coefficient (Wildman–Crippen LogP) is 2.77. The van der Waals surface area contributed by atoms with Gasteiger partial charge in [-0.3, -0.25) is 4.98 Å². The van der Waals surface area contributed by atoms with E-state index in [9.17, 15) is 0 Å². The number of pyridine rings is 1. The number of nitrogens with two attached hydrogens (primary N) is 1. The minimum Gasteiger partial charge on any atom is -0.494 e. The van der Waals surface area contributed by atoms with Crippen LogP contribution in [-0.2, 0) is 9.47 Å². The second-order valence-electron chi connectivity index (χ2n) is 4.83. The van der Waals surface area contributed by atoms with Gasteiger partial charge in [0.2, 0.25) is 0 Å². The van der Waals surface area contributed by atoms with Crippen molar-refractivity contribution in [3.63, 3.8) is 0 Å². The molecule has 1 fully saturated rings. The summed E-state index contributed by atoms with van der Waals surface area (Å²) in [7, 11) is 1.60. The number of hydrogen-bond acceptors (Lipinski definition) is 5. The van der Waals surface area contributed by atoms with Crippen molar-refractivity contribution in [1.29, 1.82) is 0 Å². The number of ether oxygens (including phenoxy) is 3. The first-order chi connectivity index (χ1) is 10.3. The van der Waals surface area contributed by atoms with Crippen LogP contribution in [0.15, 0.2) is 36.5 Å². The lowest BCUT2D eigenvalue weighted by Crippen LogP contribution is -2.17. The fourth-order valence-corrected chi connectivity index (χ4v) is 2.37. The fraction of sp³-hybridized carbons (Fsp3) is 0.312. The minimum absolute atomic E-state index is 0.317. The summed E-state index contributed by atoms with van der Waals surface area (Å²) < 4.78 is 16.5. The van der Waals surface area contributed by atoms with Gasteiger partial charge in [0.15, 0.2) is 12.0 Å². The molecule has 0 unspecified atom stereocenters. The average molecular weight is 286 g/mol. The molecule has 0 bridgehead atoms. The molecule has 0 aliphatic carbocycles. The summed E-state index contributed by atoms with van der Waals surface area (Å²) in [6.45, 7) is 1.44. The summed E-state index contributed by atoms with van der Waals surface area (Å²) in [6.07, 6.45) is 2.39. The molecule has 5 nitrogen and oxygen atoms in total. The molecule has 3 rings (SSSR count). The molecular weight excluding hydrogens is 268 g/mol. The highest BCUT2D eigenvalue weighted by Gasteiger charge is 2.17. The number of nitrogen functional groups attached to an aromatic ring is 1. The molecule has 2 heterocycles. The third kappa shape index (κ3) is 2.84. The van der Waals surface area contributed by atoms with Gasteiger partial charge in [-0.2, -0.15) is 0 Å². The Morgan fingerprint density at radius 2 is 2.00 bits per heavy atom. The molecule has 2 aromatic rings. The van der Waals surface area contributed by atoms with Crippen molar-refractivity contribution in [2.45, 2.75) is 12.7 Å². The van der Waals surface area contributed by atoms with Crippen LogP contribution in [0.5, 0.6) is 5.75 Å². The topological polar surface area (TPSA) is 66.6 Å². The largest absolute Gasteiger partial charge is 0.494 e. The van der Waals surface area contributed by atoms with Crippen molar-refractivity contribution >= 4 is 5.69 Å². The van der Waals surface area contributed by atoms with E-state index in [-0.39, 0.29) is 6.29 Å². The van der Waals surface area contributed by atoms with Gasteiger partial charge in [0.25, 0.3) is 0 Å². The smallest absolute Gasteiger partial charge is 0.185 e. The van der Waals surface area contributed by atoms with Crippen LogP contribution < -0.4 is 10.5 Å².